The van der Waals surface area contributed by atoms with Gasteiger partial charge in [-0.25, -0.2) is 0 Å². The maximum atomic E-state index is 9.68. The summed E-state index contributed by atoms with van der Waals surface area (Å²) in [6.07, 6.45) is 4.84. The second-order valence-corrected chi connectivity index (χ2v) is 9.76. The molecule has 0 amide bonds. The maximum absolute atomic E-state index is 9.68. The molecular formula is C22H27N3OS. The first kappa shape index (κ1) is 18.5. The van der Waals surface area contributed by atoms with Crippen LogP contribution >= 0.6 is 11.8 Å². The number of aliphatic hydroxyl groups excluding tert-OH is 1. The fraction of sp³-hybridized carbons (Fsp3) is 0.455. The Bertz CT molecular complexity index is 804. The lowest BCUT2D eigenvalue weighted by atomic mass is 9.93. The molecule has 2 N–H and O–H groups in total. The van der Waals surface area contributed by atoms with E-state index >= 15 is 0 Å². The van der Waals surface area contributed by atoms with Crippen LogP contribution in [0, 0.1) is 5.41 Å². The highest BCUT2D eigenvalue weighted by Crippen LogP contribution is 2.49. The summed E-state index contributed by atoms with van der Waals surface area (Å²) in [6.45, 7) is 4.01. The van der Waals surface area contributed by atoms with Crippen molar-refractivity contribution in [2.24, 2.45) is 0 Å². The molecule has 1 aromatic carbocycles. The van der Waals surface area contributed by atoms with Crippen LogP contribution in [0.5, 0.6) is 0 Å². The molecule has 142 valence electrons. The minimum absolute atomic E-state index is 0.133. The molecule has 0 bridgehead atoms. The Balaban J connectivity index is 1.49. The highest BCUT2D eigenvalue weighted by Gasteiger charge is 2.46. The van der Waals surface area contributed by atoms with Gasteiger partial charge in [-0.2, -0.15) is 11.8 Å². The van der Waals surface area contributed by atoms with E-state index in [0.717, 1.165) is 30.1 Å². The van der Waals surface area contributed by atoms with Gasteiger partial charge >= 0.3 is 0 Å². The summed E-state index contributed by atoms with van der Waals surface area (Å²) >= 11 is 1.80. The second-order valence-electron chi connectivity index (χ2n) is 8.07. The number of aromatic nitrogens is 1. The van der Waals surface area contributed by atoms with E-state index < -0.39 is 0 Å². The highest BCUT2D eigenvalue weighted by atomic mass is 32.2. The first-order valence-electron chi connectivity index (χ1n) is 9.63. The molecule has 0 spiro atoms. The smallest absolute Gasteiger partial charge is 0.0973 e. The van der Waals surface area contributed by atoms with E-state index in [-0.39, 0.29) is 16.8 Å². The summed E-state index contributed by atoms with van der Waals surface area (Å²) in [7, 11) is 0. The Kier molecular flexibility index (Phi) is 4.99. The molecule has 0 radical (unpaired) electrons. The number of benzene rings is 1. The standard InChI is InChI=1S/C22H27N3OS/c1-21(16-26)14-20(23)25(12-13-27-21)15-22(9-10-22)18-7-5-17(6-8-18)19-4-2-3-11-24-19/h2-8,11,23,26H,9-10,12-16H2,1H3. The topological polar surface area (TPSA) is 60.2 Å². The van der Waals surface area contributed by atoms with Gasteiger partial charge in [-0.05, 0) is 37.5 Å². The van der Waals surface area contributed by atoms with E-state index in [1.54, 1.807) is 11.8 Å². The molecule has 1 atom stereocenters. The lowest BCUT2D eigenvalue weighted by molar-refractivity contribution is 0.257. The van der Waals surface area contributed by atoms with Crippen molar-refractivity contribution >= 4 is 17.6 Å². The van der Waals surface area contributed by atoms with Crippen LogP contribution in [0.2, 0.25) is 0 Å². The van der Waals surface area contributed by atoms with E-state index in [1.165, 1.54) is 18.4 Å². The quantitative estimate of drug-likeness (QED) is 0.823. The number of aliphatic hydroxyl groups is 1. The summed E-state index contributed by atoms with van der Waals surface area (Å²) in [5.74, 6) is 1.64. The zero-order valence-electron chi connectivity index (χ0n) is 15.8. The molecule has 1 unspecified atom stereocenters. The first-order chi connectivity index (χ1) is 13.0. The third-order valence-electron chi connectivity index (χ3n) is 5.87. The molecule has 2 aliphatic rings. The Morgan fingerprint density at radius 1 is 1.19 bits per heavy atom. The van der Waals surface area contributed by atoms with Crippen LogP contribution in [0.15, 0.2) is 48.7 Å². The van der Waals surface area contributed by atoms with Gasteiger partial charge in [0.15, 0.2) is 0 Å². The number of nitrogens with one attached hydrogen (secondary N) is 1. The minimum Gasteiger partial charge on any atom is -0.395 e. The van der Waals surface area contributed by atoms with E-state index in [4.69, 9.17) is 5.41 Å². The van der Waals surface area contributed by atoms with Gasteiger partial charge < -0.3 is 10.0 Å². The number of thioether (sulfide) groups is 1. The number of pyridine rings is 1. The number of nitrogens with zero attached hydrogens (tertiary/aromatic N) is 2. The summed E-state index contributed by atoms with van der Waals surface area (Å²) in [4.78, 5) is 6.68. The predicted molar refractivity (Wildman–Crippen MR) is 112 cm³/mol. The molecule has 27 heavy (non-hydrogen) atoms. The van der Waals surface area contributed by atoms with E-state index in [1.807, 2.05) is 24.4 Å². The minimum atomic E-state index is -0.215. The Morgan fingerprint density at radius 3 is 2.59 bits per heavy atom. The predicted octanol–water partition coefficient (Wildman–Crippen LogP) is 3.95. The molecule has 4 nitrogen and oxygen atoms in total. The van der Waals surface area contributed by atoms with Crippen LogP contribution in [-0.2, 0) is 5.41 Å². The summed E-state index contributed by atoms with van der Waals surface area (Å²) in [5, 5.41) is 18.2. The van der Waals surface area contributed by atoms with Crippen molar-refractivity contribution in [1.82, 2.24) is 9.88 Å². The highest BCUT2D eigenvalue weighted by molar-refractivity contribution is 8.00. The van der Waals surface area contributed by atoms with Crippen LogP contribution in [0.1, 0.15) is 31.7 Å². The van der Waals surface area contributed by atoms with Crippen LogP contribution in [0.3, 0.4) is 0 Å². The molecular weight excluding hydrogens is 354 g/mol. The van der Waals surface area contributed by atoms with Crippen LogP contribution in [0.25, 0.3) is 11.3 Å². The van der Waals surface area contributed by atoms with E-state index in [0.29, 0.717) is 12.3 Å². The summed E-state index contributed by atoms with van der Waals surface area (Å²) in [6, 6.07) is 14.8. The van der Waals surface area contributed by atoms with Crippen molar-refractivity contribution in [3.63, 3.8) is 0 Å². The second kappa shape index (κ2) is 7.28. The Morgan fingerprint density at radius 2 is 1.96 bits per heavy atom. The molecule has 1 aliphatic carbocycles. The fourth-order valence-corrected chi connectivity index (χ4v) is 5.05. The van der Waals surface area contributed by atoms with Crippen LogP contribution in [-0.4, -0.2) is 51.0 Å². The normalized spacial score (nSPS) is 24.5. The van der Waals surface area contributed by atoms with Gasteiger partial charge in [0.25, 0.3) is 0 Å². The number of rotatable bonds is 5. The fourth-order valence-electron chi connectivity index (χ4n) is 3.91. The van der Waals surface area contributed by atoms with Crippen LogP contribution < -0.4 is 0 Å². The zero-order chi connectivity index (χ0) is 18.9. The van der Waals surface area contributed by atoms with Gasteiger partial charge in [0.2, 0.25) is 0 Å². The van der Waals surface area contributed by atoms with E-state index in [9.17, 15) is 5.11 Å². The molecule has 1 aromatic heterocycles. The maximum Gasteiger partial charge on any atom is 0.0973 e. The van der Waals surface area contributed by atoms with Gasteiger partial charge in [0, 0.05) is 47.2 Å². The molecule has 2 fully saturated rings. The molecule has 5 heteroatoms. The SMILES string of the molecule is CC1(CO)CC(=N)N(CC2(c3ccc(-c4ccccn4)cc3)CC2)CCS1. The van der Waals surface area contributed by atoms with Gasteiger partial charge in [-0.3, -0.25) is 10.4 Å². The molecule has 4 rings (SSSR count). The first-order valence-corrected chi connectivity index (χ1v) is 10.6. The number of hydrogen-bond donors (Lipinski definition) is 2. The Labute approximate surface area is 165 Å². The van der Waals surface area contributed by atoms with Crippen molar-refractivity contribution in [2.45, 2.75) is 36.3 Å². The number of hydrogen-bond acceptors (Lipinski definition) is 4. The Hall–Kier alpha value is -1.85. The lowest BCUT2D eigenvalue weighted by Gasteiger charge is -2.30. The molecule has 1 aliphatic heterocycles. The summed E-state index contributed by atoms with van der Waals surface area (Å²) in [5.41, 5.74) is 3.70. The van der Waals surface area contributed by atoms with Crippen molar-refractivity contribution in [1.29, 1.82) is 5.41 Å². The molecule has 2 aromatic rings. The molecule has 1 saturated carbocycles. The number of amidine groups is 1. The van der Waals surface area contributed by atoms with Crippen molar-refractivity contribution in [3.8, 4) is 11.3 Å². The van der Waals surface area contributed by atoms with Crippen molar-refractivity contribution in [2.75, 3.05) is 25.4 Å². The summed E-state index contributed by atoms with van der Waals surface area (Å²) < 4.78 is -0.215. The van der Waals surface area contributed by atoms with Gasteiger partial charge in [0.05, 0.1) is 18.1 Å². The largest absolute Gasteiger partial charge is 0.395 e. The lowest BCUT2D eigenvalue weighted by Crippen LogP contribution is -2.39. The average molecular weight is 382 g/mol. The van der Waals surface area contributed by atoms with Crippen molar-refractivity contribution < 1.29 is 5.11 Å². The van der Waals surface area contributed by atoms with Gasteiger partial charge in [-0.1, -0.05) is 30.3 Å². The van der Waals surface area contributed by atoms with Gasteiger partial charge in [-0.15, -0.1) is 0 Å². The molecule has 2 heterocycles. The van der Waals surface area contributed by atoms with E-state index in [2.05, 4.69) is 41.1 Å². The molecule has 1 saturated heterocycles. The third kappa shape index (κ3) is 3.90. The van der Waals surface area contributed by atoms with Crippen molar-refractivity contribution in [3.05, 3.63) is 54.2 Å². The average Bonchev–Trinajstić information content (AvgIpc) is 3.50. The monoisotopic (exact) mass is 381 g/mol. The van der Waals surface area contributed by atoms with Crippen LogP contribution in [0.4, 0.5) is 0 Å². The third-order valence-corrected chi connectivity index (χ3v) is 7.23. The van der Waals surface area contributed by atoms with Gasteiger partial charge in [0.1, 0.15) is 0 Å². The zero-order valence-corrected chi connectivity index (χ0v) is 16.6.